The van der Waals surface area contributed by atoms with Gasteiger partial charge in [0, 0.05) is 11.8 Å². The van der Waals surface area contributed by atoms with Crippen molar-refractivity contribution in [2.75, 3.05) is 6.26 Å². The van der Waals surface area contributed by atoms with Gasteiger partial charge in [-0.3, -0.25) is 0 Å². The highest BCUT2D eigenvalue weighted by Crippen LogP contribution is 2.46. The lowest BCUT2D eigenvalue weighted by Gasteiger charge is -2.11. The molecule has 1 saturated carbocycles. The van der Waals surface area contributed by atoms with Crippen molar-refractivity contribution in [2.24, 2.45) is 0 Å². The summed E-state index contributed by atoms with van der Waals surface area (Å²) in [6, 6.07) is 1.38. The fraction of sp³-hybridized carbons (Fsp3) is 0.400. The van der Waals surface area contributed by atoms with Gasteiger partial charge in [-0.2, -0.15) is 0 Å². The molecule has 0 radical (unpaired) electrons. The molecule has 0 aliphatic heterocycles. The molecule has 0 unspecified atom stereocenters. The standard InChI is InChI=1S/C10H10F2O3S/c1-16(14,15)9-5-7(11)6(4-8(9)12)10(13)2-3-10/h4-5,13H,2-3H2,1H3. The number of benzene rings is 1. The molecule has 6 heteroatoms. The Hall–Kier alpha value is -1.01. The minimum Gasteiger partial charge on any atom is -0.385 e. The molecule has 88 valence electrons. The Morgan fingerprint density at radius 2 is 1.81 bits per heavy atom. The molecule has 0 aromatic heterocycles. The van der Waals surface area contributed by atoms with Crippen LogP contribution in [0, 0.1) is 11.6 Å². The lowest BCUT2D eigenvalue weighted by atomic mass is 10.1. The van der Waals surface area contributed by atoms with E-state index in [0.717, 1.165) is 12.3 Å². The molecule has 0 saturated heterocycles. The maximum atomic E-state index is 13.5. The van der Waals surface area contributed by atoms with Crippen molar-refractivity contribution in [1.82, 2.24) is 0 Å². The Bertz CT molecular complexity index is 547. The average Bonchev–Trinajstić information content (AvgIpc) is 2.86. The second kappa shape index (κ2) is 3.24. The Kier molecular flexibility index (Phi) is 2.32. The van der Waals surface area contributed by atoms with Crippen LogP contribution in [0.3, 0.4) is 0 Å². The highest BCUT2D eigenvalue weighted by molar-refractivity contribution is 7.90. The number of halogens is 2. The van der Waals surface area contributed by atoms with E-state index in [2.05, 4.69) is 0 Å². The van der Waals surface area contributed by atoms with E-state index in [1.54, 1.807) is 0 Å². The molecular formula is C10H10F2O3S. The van der Waals surface area contributed by atoms with Crippen molar-refractivity contribution in [3.8, 4) is 0 Å². The van der Waals surface area contributed by atoms with E-state index < -0.39 is 32.0 Å². The molecule has 0 atom stereocenters. The van der Waals surface area contributed by atoms with E-state index in [9.17, 15) is 22.3 Å². The Labute approximate surface area is 91.6 Å². The predicted octanol–water partition coefficient (Wildman–Crippen LogP) is 1.35. The van der Waals surface area contributed by atoms with E-state index in [1.165, 1.54) is 0 Å². The van der Waals surface area contributed by atoms with Crippen molar-refractivity contribution in [1.29, 1.82) is 0 Å². The van der Waals surface area contributed by atoms with E-state index in [-0.39, 0.29) is 5.56 Å². The second-order valence-electron chi connectivity index (χ2n) is 4.07. The lowest BCUT2D eigenvalue weighted by molar-refractivity contribution is 0.146. The highest BCUT2D eigenvalue weighted by atomic mass is 32.2. The number of sulfone groups is 1. The van der Waals surface area contributed by atoms with Crippen molar-refractivity contribution >= 4 is 9.84 Å². The van der Waals surface area contributed by atoms with Gasteiger partial charge in [0.1, 0.15) is 16.5 Å². The molecule has 1 aromatic rings. The van der Waals surface area contributed by atoms with Crippen LogP contribution in [0.2, 0.25) is 0 Å². The second-order valence-corrected chi connectivity index (χ2v) is 6.05. The molecule has 0 amide bonds. The molecule has 16 heavy (non-hydrogen) atoms. The Morgan fingerprint density at radius 3 is 2.25 bits per heavy atom. The fourth-order valence-corrected chi connectivity index (χ4v) is 2.29. The van der Waals surface area contributed by atoms with Crippen LogP contribution in [0.15, 0.2) is 17.0 Å². The molecule has 0 heterocycles. The largest absolute Gasteiger partial charge is 0.385 e. The molecule has 1 aliphatic rings. The van der Waals surface area contributed by atoms with Crippen LogP contribution in [0.5, 0.6) is 0 Å². The number of aliphatic hydroxyl groups is 1. The van der Waals surface area contributed by atoms with Gasteiger partial charge < -0.3 is 5.11 Å². The third kappa shape index (κ3) is 1.82. The zero-order valence-electron chi connectivity index (χ0n) is 8.50. The zero-order valence-corrected chi connectivity index (χ0v) is 9.31. The Morgan fingerprint density at radius 1 is 1.25 bits per heavy atom. The van der Waals surface area contributed by atoms with Gasteiger partial charge in [-0.15, -0.1) is 0 Å². The van der Waals surface area contributed by atoms with Crippen LogP contribution in [0.25, 0.3) is 0 Å². The molecule has 2 rings (SSSR count). The van der Waals surface area contributed by atoms with Crippen LogP contribution in [0.1, 0.15) is 18.4 Å². The topological polar surface area (TPSA) is 54.4 Å². The number of hydrogen-bond acceptors (Lipinski definition) is 3. The van der Waals surface area contributed by atoms with Crippen LogP contribution < -0.4 is 0 Å². The van der Waals surface area contributed by atoms with Gasteiger partial charge in [0.15, 0.2) is 9.84 Å². The average molecular weight is 248 g/mol. The van der Waals surface area contributed by atoms with E-state index in [1.807, 2.05) is 0 Å². The van der Waals surface area contributed by atoms with Gasteiger partial charge >= 0.3 is 0 Å². The molecule has 1 fully saturated rings. The monoisotopic (exact) mass is 248 g/mol. The molecule has 1 aromatic carbocycles. The van der Waals surface area contributed by atoms with Gasteiger partial charge in [0.2, 0.25) is 0 Å². The predicted molar refractivity (Wildman–Crippen MR) is 52.6 cm³/mol. The van der Waals surface area contributed by atoms with Gasteiger partial charge in [0.25, 0.3) is 0 Å². The van der Waals surface area contributed by atoms with Gasteiger partial charge in [0.05, 0.1) is 5.60 Å². The maximum Gasteiger partial charge on any atom is 0.178 e. The van der Waals surface area contributed by atoms with Gasteiger partial charge in [-0.1, -0.05) is 0 Å². The molecule has 3 nitrogen and oxygen atoms in total. The van der Waals surface area contributed by atoms with Crippen molar-refractivity contribution in [3.63, 3.8) is 0 Å². The first kappa shape index (κ1) is 11.5. The van der Waals surface area contributed by atoms with E-state index in [4.69, 9.17) is 0 Å². The van der Waals surface area contributed by atoms with Gasteiger partial charge in [-0.25, -0.2) is 17.2 Å². The minimum atomic E-state index is -3.79. The normalized spacial score (nSPS) is 18.5. The molecule has 1 aliphatic carbocycles. The van der Waals surface area contributed by atoms with E-state index >= 15 is 0 Å². The summed E-state index contributed by atoms with van der Waals surface area (Å²) in [5, 5.41) is 9.64. The van der Waals surface area contributed by atoms with Crippen molar-refractivity contribution in [3.05, 3.63) is 29.3 Å². The maximum absolute atomic E-state index is 13.5. The van der Waals surface area contributed by atoms with Crippen LogP contribution in [0.4, 0.5) is 8.78 Å². The highest BCUT2D eigenvalue weighted by Gasteiger charge is 2.44. The van der Waals surface area contributed by atoms with Crippen molar-refractivity contribution in [2.45, 2.75) is 23.3 Å². The zero-order chi connectivity index (χ0) is 12.1. The molecule has 0 bridgehead atoms. The number of rotatable bonds is 2. The van der Waals surface area contributed by atoms with E-state index in [0.29, 0.717) is 18.9 Å². The first-order valence-electron chi connectivity index (χ1n) is 4.66. The SMILES string of the molecule is CS(=O)(=O)c1cc(F)c(C2(O)CC2)cc1F. The summed E-state index contributed by atoms with van der Waals surface area (Å²) in [4.78, 5) is -0.682. The summed E-state index contributed by atoms with van der Waals surface area (Å²) in [5.41, 5.74) is -1.49. The third-order valence-corrected chi connectivity index (χ3v) is 3.76. The lowest BCUT2D eigenvalue weighted by Crippen LogP contribution is -2.11. The minimum absolute atomic E-state index is 0.169. The van der Waals surface area contributed by atoms with Crippen molar-refractivity contribution < 1.29 is 22.3 Å². The first-order valence-corrected chi connectivity index (χ1v) is 6.55. The summed E-state index contributed by atoms with van der Waals surface area (Å²) in [7, 11) is -3.79. The quantitative estimate of drug-likeness (QED) is 0.859. The Balaban J connectivity index is 2.60. The summed E-state index contributed by atoms with van der Waals surface area (Å²) < 4.78 is 49.2. The molecular weight excluding hydrogens is 238 g/mol. The summed E-state index contributed by atoms with van der Waals surface area (Å²) in [6.07, 6.45) is 1.53. The fourth-order valence-electron chi connectivity index (χ4n) is 1.56. The number of hydrogen-bond donors (Lipinski definition) is 1. The third-order valence-electron chi connectivity index (χ3n) is 2.65. The van der Waals surface area contributed by atoms with Crippen LogP contribution >= 0.6 is 0 Å². The summed E-state index contributed by atoms with van der Waals surface area (Å²) in [5.74, 6) is -1.92. The van der Waals surface area contributed by atoms with Crippen LogP contribution in [-0.2, 0) is 15.4 Å². The smallest absolute Gasteiger partial charge is 0.178 e. The van der Waals surface area contributed by atoms with Crippen LogP contribution in [-0.4, -0.2) is 19.8 Å². The van der Waals surface area contributed by atoms with Gasteiger partial charge in [-0.05, 0) is 25.0 Å². The summed E-state index contributed by atoms with van der Waals surface area (Å²) in [6.45, 7) is 0. The molecule has 0 spiro atoms. The molecule has 1 N–H and O–H groups in total. The first-order chi connectivity index (χ1) is 7.24. The summed E-state index contributed by atoms with van der Waals surface area (Å²) >= 11 is 0.